The molecule has 1 aliphatic heterocycles. The second-order valence-electron chi connectivity index (χ2n) is 8.06. The van der Waals surface area contributed by atoms with E-state index in [1.807, 2.05) is 18.2 Å². The number of likely N-dealkylation sites (tertiary alicyclic amines) is 1. The van der Waals surface area contributed by atoms with Crippen LogP contribution in [0.1, 0.15) is 44.1 Å². The standard InChI is InChI=1S/C20H26Cl2N2O/c21-17-4-1-5-18(22)16(17)12-24-8-2-3-15(11-24)20(25)23-19-10-13-6-7-14(19)9-13/h1,4-5,13-15,19H,2-3,6-12H2,(H,23,25). The van der Waals surface area contributed by atoms with Gasteiger partial charge in [-0.05, 0) is 62.6 Å². The third-order valence-electron chi connectivity index (χ3n) is 6.39. The average molecular weight is 381 g/mol. The van der Waals surface area contributed by atoms with Crippen LogP contribution < -0.4 is 5.32 Å². The van der Waals surface area contributed by atoms with Crippen LogP contribution in [0, 0.1) is 17.8 Å². The molecule has 2 bridgehead atoms. The number of nitrogens with one attached hydrogen (secondary N) is 1. The number of hydrogen-bond acceptors (Lipinski definition) is 2. The largest absolute Gasteiger partial charge is 0.353 e. The maximum Gasteiger partial charge on any atom is 0.224 e. The number of benzene rings is 1. The molecule has 1 N–H and O–H groups in total. The highest BCUT2D eigenvalue weighted by Gasteiger charge is 2.41. The lowest BCUT2D eigenvalue weighted by Crippen LogP contribution is -2.47. The van der Waals surface area contributed by atoms with Gasteiger partial charge in [-0.1, -0.05) is 35.7 Å². The second kappa shape index (κ2) is 7.46. The van der Waals surface area contributed by atoms with Gasteiger partial charge in [-0.25, -0.2) is 0 Å². The van der Waals surface area contributed by atoms with Crippen molar-refractivity contribution >= 4 is 29.1 Å². The predicted molar refractivity (Wildman–Crippen MR) is 102 cm³/mol. The Labute approximate surface area is 160 Å². The smallest absolute Gasteiger partial charge is 0.224 e. The van der Waals surface area contributed by atoms with Gasteiger partial charge in [0.15, 0.2) is 0 Å². The minimum absolute atomic E-state index is 0.0918. The topological polar surface area (TPSA) is 32.3 Å². The number of nitrogens with zero attached hydrogens (tertiary/aromatic N) is 1. The maximum atomic E-state index is 12.8. The Balaban J connectivity index is 1.35. The minimum atomic E-state index is 0.0918. The highest BCUT2D eigenvalue weighted by atomic mass is 35.5. The van der Waals surface area contributed by atoms with Crippen molar-refractivity contribution in [2.24, 2.45) is 17.8 Å². The zero-order valence-electron chi connectivity index (χ0n) is 14.5. The summed E-state index contributed by atoms with van der Waals surface area (Å²) in [7, 11) is 0. The zero-order valence-corrected chi connectivity index (χ0v) is 16.0. The lowest BCUT2D eigenvalue weighted by atomic mass is 9.92. The summed E-state index contributed by atoms with van der Waals surface area (Å²) in [6.07, 6.45) is 7.23. The zero-order chi connectivity index (χ0) is 17.4. The number of amides is 1. The summed E-state index contributed by atoms with van der Waals surface area (Å²) in [6.45, 7) is 2.52. The van der Waals surface area contributed by atoms with E-state index in [0.717, 1.165) is 49.9 Å². The molecule has 1 aromatic rings. The van der Waals surface area contributed by atoms with Crippen molar-refractivity contribution in [1.29, 1.82) is 0 Å². The van der Waals surface area contributed by atoms with Gasteiger partial charge in [0.05, 0.1) is 5.92 Å². The fraction of sp³-hybridized carbons (Fsp3) is 0.650. The SMILES string of the molecule is O=C(NC1CC2CCC1C2)C1CCCN(Cc2c(Cl)cccc2Cl)C1. The molecule has 4 rings (SSSR count). The van der Waals surface area contributed by atoms with Gasteiger partial charge < -0.3 is 5.32 Å². The van der Waals surface area contributed by atoms with E-state index in [2.05, 4.69) is 10.2 Å². The Bertz CT molecular complexity index is 630. The van der Waals surface area contributed by atoms with E-state index < -0.39 is 0 Å². The van der Waals surface area contributed by atoms with Gasteiger partial charge in [-0.3, -0.25) is 9.69 Å². The number of fused-ring (bicyclic) bond motifs is 2. The molecule has 2 saturated carbocycles. The third-order valence-corrected chi connectivity index (χ3v) is 7.09. The van der Waals surface area contributed by atoms with Crippen molar-refractivity contribution in [3.8, 4) is 0 Å². The van der Waals surface area contributed by atoms with Crippen LogP contribution in [0.3, 0.4) is 0 Å². The summed E-state index contributed by atoms with van der Waals surface area (Å²) in [5.41, 5.74) is 0.972. The van der Waals surface area contributed by atoms with Crippen LogP contribution in [0.5, 0.6) is 0 Å². The first-order valence-corrected chi connectivity index (χ1v) is 10.3. The predicted octanol–water partition coefficient (Wildman–Crippen LogP) is 4.51. The van der Waals surface area contributed by atoms with Crippen LogP contribution in [0.4, 0.5) is 0 Å². The first-order valence-electron chi connectivity index (χ1n) is 9.56. The van der Waals surface area contributed by atoms with Gasteiger partial charge in [0.2, 0.25) is 5.91 Å². The Kier molecular flexibility index (Phi) is 5.26. The van der Waals surface area contributed by atoms with Crippen molar-refractivity contribution in [3.63, 3.8) is 0 Å². The summed E-state index contributed by atoms with van der Waals surface area (Å²) >= 11 is 12.6. The van der Waals surface area contributed by atoms with E-state index >= 15 is 0 Å². The molecule has 3 fully saturated rings. The van der Waals surface area contributed by atoms with E-state index in [9.17, 15) is 4.79 Å². The van der Waals surface area contributed by atoms with Crippen molar-refractivity contribution in [3.05, 3.63) is 33.8 Å². The molecule has 1 saturated heterocycles. The Morgan fingerprint density at radius 1 is 1.16 bits per heavy atom. The Morgan fingerprint density at radius 2 is 1.96 bits per heavy atom. The number of rotatable bonds is 4. The normalized spacial score (nSPS) is 32.1. The van der Waals surface area contributed by atoms with Gasteiger partial charge in [-0.2, -0.15) is 0 Å². The van der Waals surface area contributed by atoms with Crippen LogP contribution in [-0.4, -0.2) is 29.9 Å². The van der Waals surface area contributed by atoms with Gasteiger partial charge in [0.1, 0.15) is 0 Å². The number of halogens is 2. The van der Waals surface area contributed by atoms with Gasteiger partial charge in [-0.15, -0.1) is 0 Å². The second-order valence-corrected chi connectivity index (χ2v) is 8.88. The van der Waals surface area contributed by atoms with E-state index in [4.69, 9.17) is 23.2 Å². The van der Waals surface area contributed by atoms with Crippen LogP contribution in [0.25, 0.3) is 0 Å². The van der Waals surface area contributed by atoms with Gasteiger partial charge in [0, 0.05) is 34.7 Å². The highest BCUT2D eigenvalue weighted by molar-refractivity contribution is 6.35. The van der Waals surface area contributed by atoms with E-state index in [-0.39, 0.29) is 11.8 Å². The third kappa shape index (κ3) is 3.84. The molecule has 1 heterocycles. The van der Waals surface area contributed by atoms with Crippen molar-refractivity contribution < 1.29 is 4.79 Å². The molecule has 136 valence electrons. The summed E-state index contributed by atoms with van der Waals surface area (Å²) in [5, 5.41) is 4.79. The molecule has 1 amide bonds. The lowest BCUT2D eigenvalue weighted by molar-refractivity contribution is -0.127. The fourth-order valence-corrected chi connectivity index (χ4v) is 5.56. The molecule has 5 heteroatoms. The van der Waals surface area contributed by atoms with Gasteiger partial charge >= 0.3 is 0 Å². The maximum absolute atomic E-state index is 12.8. The fourth-order valence-electron chi connectivity index (χ4n) is 5.04. The van der Waals surface area contributed by atoms with Crippen LogP contribution in [0.2, 0.25) is 10.0 Å². The van der Waals surface area contributed by atoms with Crippen molar-refractivity contribution in [2.45, 2.75) is 51.1 Å². The van der Waals surface area contributed by atoms with Gasteiger partial charge in [0.25, 0.3) is 0 Å². The summed E-state index contributed by atoms with van der Waals surface area (Å²) < 4.78 is 0. The van der Waals surface area contributed by atoms with Crippen LogP contribution in [0.15, 0.2) is 18.2 Å². The molecule has 4 unspecified atom stereocenters. The van der Waals surface area contributed by atoms with Crippen LogP contribution >= 0.6 is 23.2 Å². The quantitative estimate of drug-likeness (QED) is 0.832. The summed E-state index contributed by atoms with van der Waals surface area (Å²) in [6, 6.07) is 6.06. The lowest BCUT2D eigenvalue weighted by Gasteiger charge is -2.33. The molecule has 25 heavy (non-hydrogen) atoms. The monoisotopic (exact) mass is 380 g/mol. The van der Waals surface area contributed by atoms with E-state index in [0.29, 0.717) is 16.1 Å². The molecule has 1 aromatic carbocycles. The molecule has 3 aliphatic rings. The van der Waals surface area contributed by atoms with E-state index in [1.54, 1.807) is 0 Å². The molecule has 3 nitrogen and oxygen atoms in total. The molecule has 0 radical (unpaired) electrons. The summed E-state index contributed by atoms with van der Waals surface area (Å²) in [5.74, 6) is 1.94. The molecule has 4 atom stereocenters. The molecule has 0 spiro atoms. The Hall–Kier alpha value is -0.770. The molecule has 0 aromatic heterocycles. The summed E-state index contributed by atoms with van der Waals surface area (Å²) in [4.78, 5) is 15.1. The number of hydrogen-bond donors (Lipinski definition) is 1. The minimum Gasteiger partial charge on any atom is -0.353 e. The van der Waals surface area contributed by atoms with Crippen LogP contribution in [-0.2, 0) is 11.3 Å². The number of carbonyl (C=O) groups is 1. The van der Waals surface area contributed by atoms with Crippen molar-refractivity contribution in [2.75, 3.05) is 13.1 Å². The first kappa shape index (κ1) is 17.6. The number of carbonyl (C=O) groups excluding carboxylic acids is 1. The van der Waals surface area contributed by atoms with Crippen molar-refractivity contribution in [1.82, 2.24) is 10.2 Å². The molecular formula is C20H26Cl2N2O. The Morgan fingerprint density at radius 3 is 2.64 bits per heavy atom. The molecule has 2 aliphatic carbocycles. The molecular weight excluding hydrogens is 355 g/mol. The highest BCUT2D eigenvalue weighted by Crippen LogP contribution is 2.44. The average Bonchev–Trinajstić information content (AvgIpc) is 3.21. The first-order chi connectivity index (χ1) is 12.1. The number of piperidine rings is 1. The van der Waals surface area contributed by atoms with E-state index in [1.165, 1.54) is 25.7 Å².